The summed E-state index contributed by atoms with van der Waals surface area (Å²) in [5, 5.41) is 5.96. The minimum Gasteiger partial charge on any atom is -0.435 e. The summed E-state index contributed by atoms with van der Waals surface area (Å²) in [5.74, 6) is -6.26. The zero-order valence-electron chi connectivity index (χ0n) is 22.7. The minimum atomic E-state index is -4.84. The quantitative estimate of drug-likeness (QED) is 0.117. The lowest BCUT2D eigenvalue weighted by Gasteiger charge is -2.26. The van der Waals surface area contributed by atoms with Crippen LogP contribution in [-0.2, 0) is 17.1 Å². The van der Waals surface area contributed by atoms with Crippen molar-refractivity contribution in [3.63, 3.8) is 0 Å². The molecule has 5 rings (SSSR count). The van der Waals surface area contributed by atoms with Gasteiger partial charge in [-0.2, -0.15) is 17.6 Å². The molecule has 1 aromatic carbocycles. The highest BCUT2D eigenvalue weighted by Gasteiger charge is 2.34. The van der Waals surface area contributed by atoms with Gasteiger partial charge in [-0.05, 0) is 29.8 Å². The van der Waals surface area contributed by atoms with Crippen LogP contribution in [0.5, 0.6) is 11.6 Å². The van der Waals surface area contributed by atoms with Crippen LogP contribution in [0.15, 0.2) is 55.0 Å². The smallest absolute Gasteiger partial charge is 0.433 e. The van der Waals surface area contributed by atoms with Crippen molar-refractivity contribution in [2.45, 2.75) is 30.9 Å². The van der Waals surface area contributed by atoms with Gasteiger partial charge in [-0.15, -0.1) is 0 Å². The molecule has 0 radical (unpaired) electrons. The van der Waals surface area contributed by atoms with Crippen molar-refractivity contribution in [3.8, 4) is 22.9 Å². The molecule has 238 valence electrons. The summed E-state index contributed by atoms with van der Waals surface area (Å²) in [5.41, 5.74) is -2.52. The average Bonchev–Trinajstić information content (AvgIpc) is 2.99. The van der Waals surface area contributed by atoms with E-state index in [2.05, 4.69) is 30.6 Å². The van der Waals surface area contributed by atoms with Crippen LogP contribution in [-0.4, -0.2) is 53.7 Å². The molecule has 18 heteroatoms. The van der Waals surface area contributed by atoms with Crippen molar-refractivity contribution in [1.82, 2.24) is 30.0 Å². The van der Waals surface area contributed by atoms with E-state index in [1.807, 2.05) is 0 Å². The van der Waals surface area contributed by atoms with Gasteiger partial charge in [0.15, 0.2) is 11.6 Å². The van der Waals surface area contributed by atoms with Crippen LogP contribution in [0.2, 0.25) is 0 Å². The first-order valence-electron chi connectivity index (χ1n) is 13.1. The Morgan fingerprint density at radius 3 is 2.49 bits per heavy atom. The summed E-state index contributed by atoms with van der Waals surface area (Å²) in [6.07, 6.45) is -2.45. The van der Waals surface area contributed by atoms with Crippen molar-refractivity contribution in [2.24, 2.45) is 0 Å². The lowest BCUT2D eigenvalue weighted by Crippen LogP contribution is -2.44. The molecule has 0 aliphatic carbocycles. The van der Waals surface area contributed by atoms with Gasteiger partial charge in [0.05, 0.1) is 17.3 Å². The fraction of sp³-hybridized carbons (Fsp3) is 0.259. The molecule has 0 amide bonds. The Morgan fingerprint density at radius 1 is 1.00 bits per heavy atom. The lowest BCUT2D eigenvalue weighted by molar-refractivity contribution is -0.141. The van der Waals surface area contributed by atoms with Crippen LogP contribution < -0.4 is 20.1 Å². The van der Waals surface area contributed by atoms with E-state index in [-0.39, 0.29) is 42.1 Å². The molecule has 4 heterocycles. The number of rotatable bonds is 9. The van der Waals surface area contributed by atoms with Crippen LogP contribution >= 0.6 is 0 Å². The number of piperidine rings is 1. The van der Waals surface area contributed by atoms with Crippen molar-refractivity contribution < 1.29 is 43.9 Å². The van der Waals surface area contributed by atoms with E-state index in [0.717, 1.165) is 6.07 Å². The maximum Gasteiger partial charge on any atom is 0.433 e. The maximum absolute atomic E-state index is 15.4. The second-order valence-corrected chi connectivity index (χ2v) is 10.5. The Balaban J connectivity index is 1.46. The number of hydrogen-bond donors (Lipinski definition) is 4. The van der Waals surface area contributed by atoms with Gasteiger partial charge in [0.2, 0.25) is 28.5 Å². The molecule has 1 aliphatic rings. The highest BCUT2D eigenvalue weighted by Crippen LogP contribution is 2.37. The molecule has 1 aliphatic heterocycles. The normalized spacial score (nSPS) is 17.7. The first-order chi connectivity index (χ1) is 21.4. The molecule has 4 aromatic rings. The highest BCUT2D eigenvalue weighted by molar-refractivity contribution is 7.70. The molecular formula is C27H22F7N7O3S. The molecule has 0 saturated carbocycles. The van der Waals surface area contributed by atoms with E-state index in [1.165, 1.54) is 30.6 Å². The van der Waals surface area contributed by atoms with Gasteiger partial charge in [0.25, 0.3) is 0 Å². The fourth-order valence-corrected chi connectivity index (χ4v) is 5.10. The van der Waals surface area contributed by atoms with Crippen LogP contribution in [0.4, 0.5) is 36.7 Å². The summed E-state index contributed by atoms with van der Waals surface area (Å²) >= 11 is 0. The van der Waals surface area contributed by atoms with E-state index < -0.39 is 69.3 Å². The Kier molecular flexibility index (Phi) is 9.45. The van der Waals surface area contributed by atoms with E-state index in [4.69, 9.17) is 4.74 Å². The first-order valence-corrected chi connectivity index (χ1v) is 14.3. The molecule has 10 nitrogen and oxygen atoms in total. The number of ether oxygens (including phenoxy) is 1. The van der Waals surface area contributed by atoms with Crippen LogP contribution in [0.1, 0.15) is 29.3 Å². The van der Waals surface area contributed by atoms with Gasteiger partial charge >= 0.3 is 6.18 Å². The number of nitrogens with zero attached hydrogens (tertiary/aromatic N) is 4. The predicted octanol–water partition coefficient (Wildman–Crippen LogP) is 4.48. The van der Waals surface area contributed by atoms with Crippen molar-refractivity contribution in [3.05, 3.63) is 89.3 Å². The number of anilines is 1. The number of aromatic nitrogens is 4. The van der Waals surface area contributed by atoms with Crippen LogP contribution in [0.25, 0.3) is 11.3 Å². The second-order valence-electron chi connectivity index (χ2n) is 9.75. The first kappa shape index (κ1) is 32.0. The second kappa shape index (κ2) is 13.3. The van der Waals surface area contributed by atoms with Crippen molar-refractivity contribution in [2.75, 3.05) is 18.4 Å². The average molecular weight is 658 g/mol. The van der Waals surface area contributed by atoms with Gasteiger partial charge in [-0.3, -0.25) is 4.98 Å². The summed E-state index contributed by atoms with van der Waals surface area (Å²) < 4.78 is 129. The van der Waals surface area contributed by atoms with Gasteiger partial charge in [-0.1, -0.05) is 6.07 Å². The molecule has 1 fully saturated rings. The molecule has 45 heavy (non-hydrogen) atoms. The number of benzene rings is 1. The van der Waals surface area contributed by atoms with E-state index in [0.29, 0.717) is 24.9 Å². The van der Waals surface area contributed by atoms with Crippen LogP contribution in [0.3, 0.4) is 0 Å². The predicted molar refractivity (Wildman–Crippen MR) is 146 cm³/mol. The zero-order valence-corrected chi connectivity index (χ0v) is 23.6. The number of thiol groups is 1. The molecule has 3 N–H and O–H groups in total. The monoisotopic (exact) mass is 657 g/mol. The Labute approximate surface area is 252 Å². The molecule has 3 aromatic heterocycles. The Morgan fingerprint density at radius 2 is 1.80 bits per heavy atom. The number of halogens is 7. The lowest BCUT2D eigenvalue weighted by atomic mass is 9.99. The van der Waals surface area contributed by atoms with Crippen LogP contribution in [0, 0.1) is 17.5 Å². The largest absolute Gasteiger partial charge is 0.435 e. The summed E-state index contributed by atoms with van der Waals surface area (Å²) in [4.78, 5) is 15.7. The topological polar surface area (TPSA) is 131 Å². The third-order valence-electron chi connectivity index (χ3n) is 6.63. The third-order valence-corrected chi connectivity index (χ3v) is 7.10. The zero-order chi connectivity index (χ0) is 32.3. The summed E-state index contributed by atoms with van der Waals surface area (Å²) in [6.45, 7) is 0.703. The molecule has 1 saturated heterocycles. The molecule has 0 bridgehead atoms. The Bertz CT molecular complexity index is 1750. The Hall–Kier alpha value is -4.42. The SMILES string of the molecule is O=[SH](=O)NC(c1ccc(C(F)(F)F)nc1)c1c(F)cc(Oc2ncccc2-c2ccnc(N[C@@H]3CNC[C@@H](F)C3)n2)c(F)c1F. The summed E-state index contributed by atoms with van der Waals surface area (Å²) in [7, 11) is -3.58. The van der Waals surface area contributed by atoms with Crippen molar-refractivity contribution >= 4 is 16.8 Å². The van der Waals surface area contributed by atoms with E-state index in [1.54, 1.807) is 4.72 Å². The van der Waals surface area contributed by atoms with Gasteiger partial charge in [-0.25, -0.2) is 41.3 Å². The van der Waals surface area contributed by atoms with Gasteiger partial charge in [0, 0.05) is 55.8 Å². The van der Waals surface area contributed by atoms with E-state index in [9.17, 15) is 26.0 Å². The number of alkyl halides is 4. The van der Waals surface area contributed by atoms with Gasteiger partial charge in [0.1, 0.15) is 17.7 Å². The van der Waals surface area contributed by atoms with Crippen molar-refractivity contribution in [1.29, 1.82) is 0 Å². The molecule has 0 spiro atoms. The van der Waals surface area contributed by atoms with Gasteiger partial charge < -0.3 is 15.4 Å². The number of pyridine rings is 2. The maximum atomic E-state index is 15.4. The fourth-order valence-electron chi connectivity index (χ4n) is 4.61. The third kappa shape index (κ3) is 7.46. The molecule has 1 unspecified atom stereocenters. The summed E-state index contributed by atoms with van der Waals surface area (Å²) in [6, 6.07) is 3.82. The molecule has 3 atom stereocenters. The highest BCUT2D eigenvalue weighted by atomic mass is 32.2. The number of hydrogen-bond acceptors (Lipinski definition) is 9. The van der Waals surface area contributed by atoms with E-state index >= 15 is 13.2 Å². The minimum absolute atomic E-state index is 0.142. The number of nitrogens with one attached hydrogen (secondary N) is 3. The standard InChI is InChI=1S/C27H22F7N7O3S/c28-14-8-15(12-35-11-14)39-26-37-7-5-18(40-26)16-2-1-6-36-25(16)44-19-9-17(29)21(23(31)22(19)30)24(41-45(42)43)13-3-4-20(38-10-13)27(32,33)34/h1-7,9-10,14-15,24,35,45H,8,11-12H2,(H,37,39,40)(H,41,42,43)/t14-,15-,24?/m0/s1. The molecular weight excluding hydrogens is 635 g/mol.